The van der Waals surface area contributed by atoms with Crippen LogP contribution in [0.5, 0.6) is 0 Å². The number of nitrogens with one attached hydrogen (secondary N) is 2. The second-order valence-corrected chi connectivity index (χ2v) is 6.76. The Bertz CT molecular complexity index is 888. The number of anilines is 3. The first-order valence-corrected chi connectivity index (χ1v) is 9.12. The molecule has 0 saturated heterocycles. The van der Waals surface area contributed by atoms with Gasteiger partial charge in [-0.05, 0) is 59.6 Å². The highest BCUT2D eigenvalue weighted by Crippen LogP contribution is 2.25. The summed E-state index contributed by atoms with van der Waals surface area (Å²) in [5, 5.41) is 6.44. The van der Waals surface area contributed by atoms with E-state index in [0.717, 1.165) is 17.7 Å². The Morgan fingerprint density at radius 2 is 1.88 bits per heavy atom. The Morgan fingerprint density at radius 1 is 1.12 bits per heavy atom. The Labute approximate surface area is 160 Å². The Hall–Kier alpha value is -2.54. The van der Waals surface area contributed by atoms with Gasteiger partial charge >= 0.3 is 0 Å². The fourth-order valence-electron chi connectivity index (χ4n) is 2.29. The molecular formula is C19H19BrFN5. The van der Waals surface area contributed by atoms with E-state index < -0.39 is 0 Å². The van der Waals surface area contributed by atoms with Crippen LogP contribution in [-0.4, -0.2) is 21.0 Å². The van der Waals surface area contributed by atoms with Gasteiger partial charge in [0.1, 0.15) is 11.6 Å². The van der Waals surface area contributed by atoms with Crippen molar-refractivity contribution in [3.05, 3.63) is 59.1 Å². The van der Waals surface area contributed by atoms with E-state index in [-0.39, 0.29) is 11.9 Å². The lowest BCUT2D eigenvalue weighted by molar-refractivity contribution is 0.622. The first-order valence-electron chi connectivity index (χ1n) is 8.33. The third-order valence-electron chi connectivity index (χ3n) is 3.88. The van der Waals surface area contributed by atoms with Gasteiger partial charge in [-0.25, -0.2) is 9.37 Å². The molecule has 1 aromatic carbocycles. The molecule has 0 aliphatic carbocycles. The van der Waals surface area contributed by atoms with Crippen molar-refractivity contribution in [3.8, 4) is 11.3 Å². The lowest BCUT2D eigenvalue weighted by Gasteiger charge is -2.14. The molecule has 0 unspecified atom stereocenters. The van der Waals surface area contributed by atoms with Gasteiger partial charge in [-0.3, -0.25) is 4.98 Å². The average molecular weight is 416 g/mol. The van der Waals surface area contributed by atoms with Gasteiger partial charge in [0.15, 0.2) is 0 Å². The predicted molar refractivity (Wildman–Crippen MR) is 106 cm³/mol. The van der Waals surface area contributed by atoms with E-state index in [1.165, 1.54) is 6.07 Å². The minimum absolute atomic E-state index is 0.237. The molecular weight excluding hydrogens is 397 g/mol. The van der Waals surface area contributed by atoms with Gasteiger partial charge in [-0.1, -0.05) is 6.92 Å². The summed E-state index contributed by atoms with van der Waals surface area (Å²) < 4.78 is 14.2. The molecule has 134 valence electrons. The van der Waals surface area contributed by atoms with Crippen LogP contribution in [0, 0.1) is 5.82 Å². The maximum Gasteiger partial charge on any atom is 0.225 e. The third kappa shape index (κ3) is 4.54. The number of hydrogen-bond acceptors (Lipinski definition) is 5. The van der Waals surface area contributed by atoms with Gasteiger partial charge in [-0.15, -0.1) is 0 Å². The average Bonchev–Trinajstić information content (AvgIpc) is 2.65. The largest absolute Gasteiger partial charge is 0.352 e. The molecule has 2 aromatic heterocycles. The first kappa shape index (κ1) is 18.3. The van der Waals surface area contributed by atoms with Crippen molar-refractivity contribution < 1.29 is 4.39 Å². The van der Waals surface area contributed by atoms with Crippen molar-refractivity contribution in [2.75, 3.05) is 10.6 Å². The van der Waals surface area contributed by atoms with E-state index in [4.69, 9.17) is 0 Å². The number of nitrogens with zero attached hydrogens (tertiary/aromatic N) is 3. The summed E-state index contributed by atoms with van der Waals surface area (Å²) in [6.07, 6.45) is 4.39. The normalized spacial score (nSPS) is 11.8. The minimum Gasteiger partial charge on any atom is -0.352 e. The van der Waals surface area contributed by atoms with Gasteiger partial charge in [-0.2, -0.15) is 4.98 Å². The fourth-order valence-corrected chi connectivity index (χ4v) is 2.54. The molecule has 5 nitrogen and oxygen atoms in total. The van der Waals surface area contributed by atoms with Crippen molar-refractivity contribution >= 4 is 33.4 Å². The van der Waals surface area contributed by atoms with Crippen LogP contribution in [0.15, 0.2) is 53.3 Å². The Balaban J connectivity index is 1.97. The predicted octanol–water partition coefficient (Wildman–Crippen LogP) is 5.39. The number of aromatic nitrogens is 3. The monoisotopic (exact) mass is 415 g/mol. The quantitative estimate of drug-likeness (QED) is 0.564. The SMILES string of the molecule is CC[C@H](C)Nc1nc(Nc2ccc(Br)c(F)c2)cc(-c2ccncc2)n1. The van der Waals surface area contributed by atoms with Gasteiger partial charge in [0.05, 0.1) is 10.2 Å². The van der Waals surface area contributed by atoms with Crippen molar-refractivity contribution in [1.82, 2.24) is 15.0 Å². The highest BCUT2D eigenvalue weighted by molar-refractivity contribution is 9.10. The Morgan fingerprint density at radius 3 is 2.58 bits per heavy atom. The summed E-state index contributed by atoms with van der Waals surface area (Å²) in [4.78, 5) is 13.1. The van der Waals surface area contributed by atoms with Crippen molar-refractivity contribution in [2.45, 2.75) is 26.3 Å². The summed E-state index contributed by atoms with van der Waals surface area (Å²) in [7, 11) is 0. The molecule has 0 bridgehead atoms. The molecule has 0 aliphatic rings. The lowest BCUT2D eigenvalue weighted by Crippen LogP contribution is -2.16. The van der Waals surface area contributed by atoms with E-state index >= 15 is 0 Å². The molecule has 0 fully saturated rings. The molecule has 0 saturated carbocycles. The number of hydrogen-bond donors (Lipinski definition) is 2. The zero-order chi connectivity index (χ0) is 18.5. The van der Waals surface area contributed by atoms with Crippen molar-refractivity contribution in [1.29, 1.82) is 0 Å². The molecule has 1 atom stereocenters. The fraction of sp³-hybridized carbons (Fsp3) is 0.211. The molecule has 0 spiro atoms. The summed E-state index contributed by atoms with van der Waals surface area (Å²) in [5.41, 5.74) is 2.30. The van der Waals surface area contributed by atoms with E-state index in [2.05, 4.69) is 55.4 Å². The number of pyridine rings is 1. The molecule has 0 amide bonds. The van der Waals surface area contributed by atoms with E-state index in [1.54, 1.807) is 24.5 Å². The van der Waals surface area contributed by atoms with Crippen LogP contribution in [0.4, 0.5) is 21.8 Å². The minimum atomic E-state index is -0.337. The van der Waals surface area contributed by atoms with Gasteiger partial charge < -0.3 is 10.6 Å². The van der Waals surface area contributed by atoms with Crippen LogP contribution in [-0.2, 0) is 0 Å². The maximum atomic E-state index is 13.8. The third-order valence-corrected chi connectivity index (χ3v) is 4.53. The highest BCUT2D eigenvalue weighted by Gasteiger charge is 2.10. The number of rotatable bonds is 6. The standard InChI is InChI=1S/C19H19BrFN5/c1-3-12(2)23-19-25-17(13-6-8-22-9-7-13)11-18(26-19)24-14-4-5-15(20)16(21)10-14/h4-12H,3H2,1-2H3,(H2,23,24,25,26)/t12-/m0/s1. The zero-order valence-corrected chi connectivity index (χ0v) is 16.1. The molecule has 0 aliphatic heterocycles. The zero-order valence-electron chi connectivity index (χ0n) is 14.5. The van der Waals surface area contributed by atoms with Crippen LogP contribution in [0.1, 0.15) is 20.3 Å². The Kier molecular flexibility index (Phi) is 5.78. The highest BCUT2D eigenvalue weighted by atomic mass is 79.9. The van der Waals surface area contributed by atoms with Crippen LogP contribution in [0.3, 0.4) is 0 Å². The van der Waals surface area contributed by atoms with Crippen LogP contribution in [0.2, 0.25) is 0 Å². The maximum absolute atomic E-state index is 13.8. The van der Waals surface area contributed by atoms with Crippen molar-refractivity contribution in [3.63, 3.8) is 0 Å². The molecule has 2 heterocycles. The van der Waals surface area contributed by atoms with Crippen LogP contribution >= 0.6 is 15.9 Å². The molecule has 3 rings (SSSR count). The number of halogens is 2. The molecule has 0 radical (unpaired) electrons. The van der Waals surface area contributed by atoms with Gasteiger partial charge in [0, 0.05) is 35.8 Å². The van der Waals surface area contributed by atoms with E-state index in [0.29, 0.717) is 21.9 Å². The second-order valence-electron chi connectivity index (χ2n) is 5.91. The summed E-state index contributed by atoms with van der Waals surface area (Å²) >= 11 is 3.16. The van der Waals surface area contributed by atoms with Gasteiger partial charge in [0.25, 0.3) is 0 Å². The number of benzene rings is 1. The molecule has 3 aromatic rings. The topological polar surface area (TPSA) is 62.7 Å². The van der Waals surface area contributed by atoms with Crippen LogP contribution in [0.25, 0.3) is 11.3 Å². The molecule has 7 heteroatoms. The smallest absolute Gasteiger partial charge is 0.225 e. The summed E-state index contributed by atoms with van der Waals surface area (Å²) in [6, 6.07) is 10.7. The summed E-state index contributed by atoms with van der Waals surface area (Å²) in [5.74, 6) is 0.768. The van der Waals surface area contributed by atoms with E-state index in [1.807, 2.05) is 18.2 Å². The summed E-state index contributed by atoms with van der Waals surface area (Å²) in [6.45, 7) is 4.16. The van der Waals surface area contributed by atoms with Crippen LogP contribution < -0.4 is 10.6 Å². The first-order chi connectivity index (χ1) is 12.5. The second kappa shape index (κ2) is 8.23. The molecule has 26 heavy (non-hydrogen) atoms. The van der Waals surface area contributed by atoms with Gasteiger partial charge in [0.2, 0.25) is 5.95 Å². The lowest BCUT2D eigenvalue weighted by atomic mass is 10.2. The van der Waals surface area contributed by atoms with E-state index in [9.17, 15) is 4.39 Å². The molecule has 2 N–H and O–H groups in total. The van der Waals surface area contributed by atoms with Crippen molar-refractivity contribution in [2.24, 2.45) is 0 Å².